The van der Waals surface area contributed by atoms with Crippen LogP contribution in [-0.2, 0) is 0 Å². The second kappa shape index (κ2) is 6.41. The number of anilines is 1. The van der Waals surface area contributed by atoms with Crippen molar-refractivity contribution >= 4 is 5.95 Å². The predicted octanol–water partition coefficient (Wildman–Crippen LogP) is 3.19. The molecule has 0 amide bonds. The van der Waals surface area contributed by atoms with E-state index in [-0.39, 0.29) is 0 Å². The third-order valence-corrected chi connectivity index (χ3v) is 3.45. The van der Waals surface area contributed by atoms with Crippen LogP contribution in [0.2, 0.25) is 0 Å². The standard InChI is InChI=1S/C17H17N3O2/c1-12-7-5-6-10-14(12)15(21)11-18-17-19-16(22-20-17)13-8-3-2-4-9-13/h2-10,15,21H,11H2,1H3,(H,18,20). The van der Waals surface area contributed by atoms with Crippen LogP contribution in [-0.4, -0.2) is 21.8 Å². The van der Waals surface area contributed by atoms with Gasteiger partial charge in [-0.1, -0.05) is 42.5 Å². The Balaban J connectivity index is 1.65. The van der Waals surface area contributed by atoms with E-state index in [0.29, 0.717) is 18.4 Å². The third-order valence-electron chi connectivity index (χ3n) is 3.45. The minimum atomic E-state index is -0.625. The van der Waals surface area contributed by atoms with Gasteiger partial charge in [0.15, 0.2) is 0 Å². The molecule has 1 atom stereocenters. The molecule has 0 bridgehead atoms. The zero-order valence-corrected chi connectivity index (χ0v) is 12.2. The highest BCUT2D eigenvalue weighted by Crippen LogP contribution is 2.20. The Labute approximate surface area is 128 Å². The third kappa shape index (κ3) is 3.15. The summed E-state index contributed by atoms with van der Waals surface area (Å²) in [7, 11) is 0. The van der Waals surface area contributed by atoms with Crippen molar-refractivity contribution in [1.29, 1.82) is 0 Å². The molecule has 0 aliphatic heterocycles. The number of hydrogen-bond donors (Lipinski definition) is 2. The fraction of sp³-hybridized carbons (Fsp3) is 0.176. The van der Waals surface area contributed by atoms with Gasteiger partial charge in [-0.3, -0.25) is 0 Å². The zero-order chi connectivity index (χ0) is 15.4. The van der Waals surface area contributed by atoms with E-state index >= 15 is 0 Å². The molecule has 3 aromatic rings. The van der Waals surface area contributed by atoms with Crippen LogP contribution in [0.3, 0.4) is 0 Å². The molecular weight excluding hydrogens is 278 g/mol. The first-order valence-electron chi connectivity index (χ1n) is 7.10. The molecule has 5 heteroatoms. The number of nitrogens with one attached hydrogen (secondary N) is 1. The predicted molar refractivity (Wildman–Crippen MR) is 84.4 cm³/mol. The zero-order valence-electron chi connectivity index (χ0n) is 12.2. The Morgan fingerprint density at radius 1 is 1.09 bits per heavy atom. The molecule has 2 aromatic carbocycles. The summed E-state index contributed by atoms with van der Waals surface area (Å²) < 4.78 is 5.21. The van der Waals surface area contributed by atoms with Gasteiger partial charge in [0, 0.05) is 12.1 Å². The van der Waals surface area contributed by atoms with Crippen molar-refractivity contribution in [2.75, 3.05) is 11.9 Å². The van der Waals surface area contributed by atoms with E-state index in [0.717, 1.165) is 16.7 Å². The molecule has 0 saturated heterocycles. The molecule has 112 valence electrons. The van der Waals surface area contributed by atoms with Gasteiger partial charge in [-0.05, 0) is 35.3 Å². The van der Waals surface area contributed by atoms with E-state index in [1.54, 1.807) is 0 Å². The summed E-state index contributed by atoms with van der Waals surface area (Å²) in [6.45, 7) is 2.29. The fourth-order valence-electron chi connectivity index (χ4n) is 2.25. The number of rotatable bonds is 5. The van der Waals surface area contributed by atoms with E-state index < -0.39 is 6.10 Å². The number of nitrogens with zero attached hydrogens (tertiary/aromatic N) is 2. The molecule has 0 saturated carbocycles. The van der Waals surface area contributed by atoms with Crippen LogP contribution < -0.4 is 5.32 Å². The lowest BCUT2D eigenvalue weighted by Gasteiger charge is -2.13. The van der Waals surface area contributed by atoms with Crippen LogP contribution in [0.25, 0.3) is 11.5 Å². The minimum Gasteiger partial charge on any atom is -0.387 e. The Hall–Kier alpha value is -2.66. The molecule has 1 unspecified atom stereocenters. The summed E-state index contributed by atoms with van der Waals surface area (Å²) in [4.78, 5) is 4.27. The first kappa shape index (κ1) is 14.3. The Morgan fingerprint density at radius 3 is 2.59 bits per heavy atom. The van der Waals surface area contributed by atoms with Gasteiger partial charge < -0.3 is 14.9 Å². The normalized spacial score (nSPS) is 12.1. The molecule has 0 aliphatic rings. The maximum Gasteiger partial charge on any atom is 0.263 e. The van der Waals surface area contributed by atoms with Crippen molar-refractivity contribution in [2.24, 2.45) is 0 Å². The Kier molecular flexibility index (Phi) is 4.16. The summed E-state index contributed by atoms with van der Waals surface area (Å²) in [6.07, 6.45) is -0.625. The van der Waals surface area contributed by atoms with Gasteiger partial charge in [-0.15, -0.1) is 0 Å². The average Bonchev–Trinajstić information content (AvgIpc) is 3.03. The quantitative estimate of drug-likeness (QED) is 0.756. The summed E-state index contributed by atoms with van der Waals surface area (Å²) in [5, 5.41) is 17.1. The first-order chi connectivity index (χ1) is 10.7. The topological polar surface area (TPSA) is 71.2 Å². The van der Waals surface area contributed by atoms with Crippen molar-refractivity contribution in [1.82, 2.24) is 10.1 Å². The lowest BCUT2D eigenvalue weighted by Crippen LogP contribution is -2.13. The molecule has 0 aliphatic carbocycles. The molecule has 2 N–H and O–H groups in total. The number of hydrogen-bond acceptors (Lipinski definition) is 5. The van der Waals surface area contributed by atoms with Crippen molar-refractivity contribution in [3.8, 4) is 11.5 Å². The average molecular weight is 295 g/mol. The van der Waals surface area contributed by atoms with Gasteiger partial charge in [0.2, 0.25) is 0 Å². The van der Waals surface area contributed by atoms with Crippen LogP contribution in [0.5, 0.6) is 0 Å². The molecule has 0 radical (unpaired) electrons. The van der Waals surface area contributed by atoms with Crippen LogP contribution >= 0.6 is 0 Å². The minimum absolute atomic E-state index is 0.318. The smallest absolute Gasteiger partial charge is 0.263 e. The highest BCUT2D eigenvalue weighted by Gasteiger charge is 2.12. The Morgan fingerprint density at radius 2 is 1.82 bits per heavy atom. The van der Waals surface area contributed by atoms with Crippen LogP contribution in [0, 0.1) is 6.92 Å². The van der Waals surface area contributed by atoms with Crippen molar-refractivity contribution in [2.45, 2.75) is 13.0 Å². The molecule has 1 aromatic heterocycles. The lowest BCUT2D eigenvalue weighted by atomic mass is 10.0. The summed E-state index contributed by atoms with van der Waals surface area (Å²) in [6, 6.07) is 17.3. The Bertz CT molecular complexity index is 740. The highest BCUT2D eigenvalue weighted by molar-refractivity contribution is 5.53. The van der Waals surface area contributed by atoms with Gasteiger partial charge in [0.1, 0.15) is 0 Å². The molecular formula is C17H17N3O2. The van der Waals surface area contributed by atoms with E-state index in [4.69, 9.17) is 4.52 Å². The van der Waals surface area contributed by atoms with Crippen LogP contribution in [0.15, 0.2) is 59.1 Å². The maximum absolute atomic E-state index is 10.2. The fourth-order valence-corrected chi connectivity index (χ4v) is 2.25. The number of aromatic nitrogens is 2. The van der Waals surface area contributed by atoms with Crippen molar-refractivity contribution < 1.29 is 9.63 Å². The van der Waals surface area contributed by atoms with Crippen molar-refractivity contribution in [3.63, 3.8) is 0 Å². The SMILES string of the molecule is Cc1ccccc1C(O)CNc1noc(-c2ccccc2)n1. The van der Waals surface area contributed by atoms with Gasteiger partial charge >= 0.3 is 0 Å². The number of aliphatic hydroxyl groups excluding tert-OH is 1. The van der Waals surface area contributed by atoms with Gasteiger partial charge in [-0.2, -0.15) is 4.98 Å². The van der Waals surface area contributed by atoms with E-state index in [9.17, 15) is 5.11 Å². The first-order valence-corrected chi connectivity index (χ1v) is 7.10. The monoisotopic (exact) mass is 295 g/mol. The van der Waals surface area contributed by atoms with Crippen LogP contribution in [0.4, 0.5) is 5.95 Å². The highest BCUT2D eigenvalue weighted by atomic mass is 16.5. The molecule has 5 nitrogen and oxygen atoms in total. The number of benzene rings is 2. The maximum atomic E-state index is 10.2. The van der Waals surface area contributed by atoms with Gasteiger partial charge in [-0.25, -0.2) is 0 Å². The lowest BCUT2D eigenvalue weighted by molar-refractivity contribution is 0.190. The summed E-state index contributed by atoms with van der Waals surface area (Å²) in [5.41, 5.74) is 2.80. The van der Waals surface area contributed by atoms with Crippen molar-refractivity contribution in [3.05, 3.63) is 65.7 Å². The molecule has 0 spiro atoms. The number of aryl methyl sites for hydroxylation is 1. The second-order valence-corrected chi connectivity index (χ2v) is 5.04. The summed E-state index contributed by atoms with van der Waals surface area (Å²) in [5.74, 6) is 0.819. The van der Waals surface area contributed by atoms with Gasteiger partial charge in [0.05, 0.1) is 6.10 Å². The molecule has 3 rings (SSSR count). The number of aliphatic hydroxyl groups is 1. The van der Waals surface area contributed by atoms with Gasteiger partial charge in [0.25, 0.3) is 11.8 Å². The second-order valence-electron chi connectivity index (χ2n) is 5.04. The van der Waals surface area contributed by atoms with E-state index in [2.05, 4.69) is 15.5 Å². The molecule has 22 heavy (non-hydrogen) atoms. The van der Waals surface area contributed by atoms with Crippen LogP contribution in [0.1, 0.15) is 17.2 Å². The molecule has 0 fully saturated rings. The van der Waals surface area contributed by atoms with E-state index in [1.165, 1.54) is 0 Å². The largest absolute Gasteiger partial charge is 0.387 e. The summed E-state index contributed by atoms with van der Waals surface area (Å²) >= 11 is 0. The van der Waals surface area contributed by atoms with E-state index in [1.807, 2.05) is 61.5 Å². The molecule has 1 heterocycles.